The first-order chi connectivity index (χ1) is 9.85. The summed E-state index contributed by atoms with van der Waals surface area (Å²) in [6, 6.07) is 2.56. The van der Waals surface area contributed by atoms with Gasteiger partial charge in [-0.3, -0.25) is 0 Å². The van der Waals surface area contributed by atoms with Gasteiger partial charge in [0.05, 0.1) is 11.0 Å². The van der Waals surface area contributed by atoms with Gasteiger partial charge in [-0.25, -0.2) is 9.97 Å². The molecule has 6 heteroatoms. The molecule has 106 valence electrons. The first-order valence-electron chi connectivity index (χ1n) is 7.01. The van der Waals surface area contributed by atoms with E-state index in [9.17, 15) is 0 Å². The molecule has 2 aliphatic heterocycles. The van der Waals surface area contributed by atoms with Gasteiger partial charge in [-0.15, -0.1) is 11.3 Å². The quantitative estimate of drug-likeness (QED) is 0.923. The second-order valence-corrected chi connectivity index (χ2v) is 7.53. The molecule has 2 aromatic rings. The minimum Gasteiger partial charge on any atom is -0.374 e. The maximum Gasteiger partial charge on any atom is 0.138 e. The molecule has 0 amide bonds. The van der Waals surface area contributed by atoms with Crippen molar-refractivity contribution < 1.29 is 4.74 Å². The minimum absolute atomic E-state index is 0.112. The van der Waals surface area contributed by atoms with Gasteiger partial charge in [0.1, 0.15) is 17.0 Å². The summed E-state index contributed by atoms with van der Waals surface area (Å²) < 4.78 is 6.08. The zero-order valence-corrected chi connectivity index (χ0v) is 12.8. The smallest absolute Gasteiger partial charge is 0.138 e. The van der Waals surface area contributed by atoms with Gasteiger partial charge in [-0.2, -0.15) is 11.8 Å². The van der Waals surface area contributed by atoms with E-state index in [1.54, 1.807) is 17.7 Å². The molecule has 2 aromatic heterocycles. The number of rotatable bonds is 2. The highest BCUT2D eigenvalue weighted by molar-refractivity contribution is 7.99. The van der Waals surface area contributed by atoms with Crippen molar-refractivity contribution in [3.8, 4) is 0 Å². The normalized spacial score (nSPS) is 30.1. The summed E-state index contributed by atoms with van der Waals surface area (Å²) in [4.78, 5) is 9.79. The van der Waals surface area contributed by atoms with Gasteiger partial charge in [0.25, 0.3) is 0 Å². The van der Waals surface area contributed by atoms with E-state index >= 15 is 0 Å². The van der Waals surface area contributed by atoms with E-state index in [2.05, 4.69) is 26.7 Å². The fourth-order valence-electron chi connectivity index (χ4n) is 3.11. The summed E-state index contributed by atoms with van der Waals surface area (Å²) in [5.74, 6) is 3.35. The van der Waals surface area contributed by atoms with Crippen molar-refractivity contribution in [1.29, 1.82) is 0 Å². The van der Waals surface area contributed by atoms with E-state index in [-0.39, 0.29) is 5.60 Å². The van der Waals surface area contributed by atoms with Crippen LogP contribution >= 0.6 is 23.1 Å². The van der Waals surface area contributed by atoms with Crippen LogP contribution in [0.3, 0.4) is 0 Å². The summed E-state index contributed by atoms with van der Waals surface area (Å²) in [6.07, 6.45) is 4.99. The summed E-state index contributed by atoms with van der Waals surface area (Å²) in [6.45, 7) is 0.857. The number of anilines is 1. The van der Waals surface area contributed by atoms with Crippen LogP contribution in [0.2, 0.25) is 0 Å². The van der Waals surface area contributed by atoms with E-state index < -0.39 is 0 Å². The van der Waals surface area contributed by atoms with Gasteiger partial charge >= 0.3 is 0 Å². The fourth-order valence-corrected chi connectivity index (χ4v) is 5.22. The van der Waals surface area contributed by atoms with Crippen LogP contribution in [0.15, 0.2) is 17.8 Å². The maximum atomic E-state index is 6.08. The second kappa shape index (κ2) is 5.16. The van der Waals surface area contributed by atoms with Crippen molar-refractivity contribution in [3.05, 3.63) is 17.8 Å². The SMILES string of the molecule is c1nc(N[C@@H]2CCO[C@@]3(CCSC3)C2)c2ccsc2n1. The van der Waals surface area contributed by atoms with E-state index in [1.807, 2.05) is 11.8 Å². The van der Waals surface area contributed by atoms with Gasteiger partial charge in [0, 0.05) is 18.4 Å². The molecular formula is C14H17N3OS2. The van der Waals surface area contributed by atoms with Crippen molar-refractivity contribution >= 4 is 39.1 Å². The van der Waals surface area contributed by atoms with Gasteiger partial charge in [-0.1, -0.05) is 0 Å². The Morgan fingerprint density at radius 2 is 2.40 bits per heavy atom. The van der Waals surface area contributed by atoms with Gasteiger partial charge < -0.3 is 10.1 Å². The van der Waals surface area contributed by atoms with E-state index in [0.29, 0.717) is 6.04 Å². The van der Waals surface area contributed by atoms with E-state index in [4.69, 9.17) is 4.74 Å². The van der Waals surface area contributed by atoms with E-state index in [0.717, 1.165) is 41.2 Å². The number of nitrogens with one attached hydrogen (secondary N) is 1. The molecule has 2 atom stereocenters. The summed E-state index contributed by atoms with van der Waals surface area (Å²) in [5, 5.41) is 6.84. The predicted octanol–water partition coefficient (Wildman–Crippen LogP) is 3.16. The molecule has 2 aliphatic rings. The third-order valence-corrected chi connectivity index (χ3v) is 6.21. The van der Waals surface area contributed by atoms with Crippen LogP contribution in [-0.2, 0) is 4.74 Å². The largest absolute Gasteiger partial charge is 0.374 e. The highest BCUT2D eigenvalue weighted by Crippen LogP contribution is 2.39. The van der Waals surface area contributed by atoms with Crippen LogP contribution in [0.4, 0.5) is 5.82 Å². The lowest BCUT2D eigenvalue weighted by Gasteiger charge is -2.38. The van der Waals surface area contributed by atoms with Crippen molar-refractivity contribution in [2.45, 2.75) is 30.9 Å². The molecule has 0 radical (unpaired) electrons. The molecule has 4 rings (SSSR count). The lowest BCUT2D eigenvalue weighted by molar-refractivity contribution is -0.0628. The van der Waals surface area contributed by atoms with Crippen LogP contribution in [0, 0.1) is 0 Å². The number of aromatic nitrogens is 2. The lowest BCUT2D eigenvalue weighted by Crippen LogP contribution is -2.44. The molecular weight excluding hydrogens is 290 g/mol. The number of fused-ring (bicyclic) bond motifs is 1. The predicted molar refractivity (Wildman–Crippen MR) is 84.7 cm³/mol. The molecule has 2 saturated heterocycles. The zero-order chi connectivity index (χ0) is 13.4. The Kier molecular flexibility index (Phi) is 3.32. The highest BCUT2D eigenvalue weighted by Gasteiger charge is 2.40. The summed E-state index contributed by atoms with van der Waals surface area (Å²) in [7, 11) is 0. The lowest BCUT2D eigenvalue weighted by atomic mass is 9.90. The third kappa shape index (κ3) is 2.29. The third-order valence-electron chi connectivity index (χ3n) is 4.16. The topological polar surface area (TPSA) is 47.0 Å². The van der Waals surface area contributed by atoms with Gasteiger partial charge in [0.2, 0.25) is 0 Å². The van der Waals surface area contributed by atoms with Crippen molar-refractivity contribution in [2.75, 3.05) is 23.4 Å². The highest BCUT2D eigenvalue weighted by atomic mass is 32.2. The molecule has 0 aromatic carbocycles. The Bertz CT molecular complexity index is 609. The van der Waals surface area contributed by atoms with Crippen LogP contribution in [0.1, 0.15) is 19.3 Å². The number of ether oxygens (including phenoxy) is 1. The zero-order valence-electron chi connectivity index (χ0n) is 11.2. The molecule has 2 fully saturated rings. The Balaban J connectivity index is 1.55. The van der Waals surface area contributed by atoms with Crippen LogP contribution in [0.5, 0.6) is 0 Å². The molecule has 0 aliphatic carbocycles. The Labute approximate surface area is 126 Å². The molecule has 4 heterocycles. The molecule has 4 nitrogen and oxygen atoms in total. The van der Waals surface area contributed by atoms with E-state index in [1.165, 1.54) is 12.2 Å². The Hall–Kier alpha value is -0.850. The Morgan fingerprint density at radius 3 is 3.30 bits per heavy atom. The average molecular weight is 307 g/mol. The van der Waals surface area contributed by atoms with Crippen LogP contribution < -0.4 is 5.32 Å². The van der Waals surface area contributed by atoms with Gasteiger partial charge in [-0.05, 0) is 36.5 Å². The number of nitrogens with zero attached hydrogens (tertiary/aromatic N) is 2. The van der Waals surface area contributed by atoms with Crippen molar-refractivity contribution in [2.24, 2.45) is 0 Å². The van der Waals surface area contributed by atoms with Crippen LogP contribution in [0.25, 0.3) is 10.2 Å². The molecule has 1 N–H and O–H groups in total. The molecule has 0 saturated carbocycles. The summed E-state index contributed by atoms with van der Waals surface area (Å²) in [5.41, 5.74) is 0.112. The average Bonchev–Trinajstić information content (AvgIpc) is 3.09. The monoisotopic (exact) mass is 307 g/mol. The minimum atomic E-state index is 0.112. The van der Waals surface area contributed by atoms with Gasteiger partial charge in [0.15, 0.2) is 0 Å². The first-order valence-corrected chi connectivity index (χ1v) is 9.05. The fraction of sp³-hybridized carbons (Fsp3) is 0.571. The molecule has 0 bridgehead atoms. The molecule has 20 heavy (non-hydrogen) atoms. The summed E-state index contributed by atoms with van der Waals surface area (Å²) >= 11 is 3.68. The first kappa shape index (κ1) is 12.9. The maximum absolute atomic E-state index is 6.08. The molecule has 1 spiro atoms. The number of thioether (sulfide) groups is 1. The second-order valence-electron chi connectivity index (χ2n) is 5.53. The standard InChI is InChI=1S/C14H17N3OS2/c1-4-18-14(3-6-19-8-14)7-10(1)17-12-11-2-5-20-13(11)16-9-15-12/h2,5,9-10H,1,3-4,6-8H2,(H,15,16,17)/t10-,14+/m1/s1. The number of hydrogen-bond acceptors (Lipinski definition) is 6. The number of hydrogen-bond donors (Lipinski definition) is 1. The van der Waals surface area contributed by atoms with Crippen molar-refractivity contribution in [1.82, 2.24) is 9.97 Å². The van der Waals surface area contributed by atoms with Crippen LogP contribution in [-0.4, -0.2) is 39.7 Å². The number of thiophene rings is 1. The molecule has 0 unspecified atom stereocenters. The van der Waals surface area contributed by atoms with Crippen molar-refractivity contribution in [3.63, 3.8) is 0 Å². The Morgan fingerprint density at radius 1 is 1.40 bits per heavy atom.